The Morgan fingerprint density at radius 2 is 2.11 bits per heavy atom. The Balaban J connectivity index is 2.81. The highest BCUT2D eigenvalue weighted by molar-refractivity contribution is 5.99. The van der Waals surface area contributed by atoms with Crippen LogP contribution in [0, 0.1) is 6.92 Å². The summed E-state index contributed by atoms with van der Waals surface area (Å²) in [4.78, 5) is 22.8. The third-order valence-electron chi connectivity index (χ3n) is 2.85. The van der Waals surface area contributed by atoms with Gasteiger partial charge in [0.25, 0.3) is 5.91 Å². The number of hydrogen-bond donors (Lipinski definition) is 3. The van der Waals surface area contributed by atoms with Crippen molar-refractivity contribution in [2.24, 2.45) is 0 Å². The zero-order valence-corrected chi connectivity index (χ0v) is 11.3. The number of hydrogen-bond acceptors (Lipinski definition) is 3. The fraction of sp³-hybridized carbons (Fsp3) is 0.429. The number of anilines is 1. The molecule has 1 aromatic rings. The van der Waals surface area contributed by atoms with Gasteiger partial charge in [-0.1, -0.05) is 25.0 Å². The van der Waals surface area contributed by atoms with Crippen LogP contribution in [0.4, 0.5) is 5.69 Å². The number of benzene rings is 1. The Morgan fingerprint density at radius 3 is 2.68 bits per heavy atom. The SMILES string of the molecule is CCCC(CC(=O)O)NC(=O)c1cc(C)ccc1N. The number of aryl methyl sites for hydroxylation is 1. The molecule has 0 aliphatic heterocycles. The number of amides is 1. The van der Waals surface area contributed by atoms with Gasteiger partial charge in [0.2, 0.25) is 0 Å². The molecule has 0 aliphatic rings. The summed E-state index contributed by atoms with van der Waals surface area (Å²) in [6.07, 6.45) is 1.36. The molecule has 104 valence electrons. The van der Waals surface area contributed by atoms with Crippen molar-refractivity contribution in [2.45, 2.75) is 39.2 Å². The lowest BCUT2D eigenvalue weighted by atomic mass is 10.1. The molecule has 0 radical (unpaired) electrons. The lowest BCUT2D eigenvalue weighted by Gasteiger charge is -2.17. The Hall–Kier alpha value is -2.04. The van der Waals surface area contributed by atoms with E-state index in [9.17, 15) is 9.59 Å². The van der Waals surface area contributed by atoms with Gasteiger partial charge in [0.05, 0.1) is 12.0 Å². The summed E-state index contributed by atoms with van der Waals surface area (Å²) in [7, 11) is 0. The normalized spacial score (nSPS) is 11.9. The molecule has 5 nitrogen and oxygen atoms in total. The molecule has 1 rings (SSSR count). The number of carbonyl (C=O) groups excluding carboxylic acids is 1. The molecule has 0 aromatic heterocycles. The number of carbonyl (C=O) groups is 2. The van der Waals surface area contributed by atoms with Crippen molar-refractivity contribution in [2.75, 3.05) is 5.73 Å². The Kier molecular flexibility index (Phi) is 5.36. The summed E-state index contributed by atoms with van der Waals surface area (Å²) < 4.78 is 0. The molecule has 0 aliphatic carbocycles. The number of nitrogens with two attached hydrogens (primary N) is 1. The van der Waals surface area contributed by atoms with Gasteiger partial charge in [-0.3, -0.25) is 9.59 Å². The molecule has 0 fully saturated rings. The van der Waals surface area contributed by atoms with Gasteiger partial charge in [0, 0.05) is 11.7 Å². The molecule has 0 heterocycles. The molecule has 1 aromatic carbocycles. The topological polar surface area (TPSA) is 92.4 Å². The molecule has 1 unspecified atom stereocenters. The van der Waals surface area contributed by atoms with Crippen LogP contribution < -0.4 is 11.1 Å². The van der Waals surface area contributed by atoms with Crippen LogP contribution >= 0.6 is 0 Å². The van der Waals surface area contributed by atoms with Gasteiger partial charge in [0.15, 0.2) is 0 Å². The highest BCUT2D eigenvalue weighted by Crippen LogP contribution is 2.14. The van der Waals surface area contributed by atoms with Crippen LogP contribution in [0.3, 0.4) is 0 Å². The molecule has 1 amide bonds. The van der Waals surface area contributed by atoms with Crippen LogP contribution in [-0.2, 0) is 4.79 Å². The second-order valence-corrected chi connectivity index (χ2v) is 4.65. The number of rotatable bonds is 6. The average Bonchev–Trinajstić information content (AvgIpc) is 2.31. The van der Waals surface area contributed by atoms with Crippen molar-refractivity contribution >= 4 is 17.6 Å². The van der Waals surface area contributed by atoms with E-state index in [1.54, 1.807) is 12.1 Å². The summed E-state index contributed by atoms with van der Waals surface area (Å²) >= 11 is 0. The average molecular weight is 264 g/mol. The minimum Gasteiger partial charge on any atom is -0.481 e. The molecule has 0 spiro atoms. The summed E-state index contributed by atoms with van der Waals surface area (Å²) in [6.45, 7) is 3.82. The van der Waals surface area contributed by atoms with E-state index < -0.39 is 5.97 Å². The predicted molar refractivity (Wildman–Crippen MR) is 74.0 cm³/mol. The highest BCUT2D eigenvalue weighted by atomic mass is 16.4. The van der Waals surface area contributed by atoms with Crippen LogP contribution in [0.1, 0.15) is 42.1 Å². The van der Waals surface area contributed by atoms with Crippen LogP contribution in [0.15, 0.2) is 18.2 Å². The van der Waals surface area contributed by atoms with Crippen molar-refractivity contribution in [3.8, 4) is 0 Å². The van der Waals surface area contributed by atoms with Gasteiger partial charge in [-0.05, 0) is 25.5 Å². The highest BCUT2D eigenvalue weighted by Gasteiger charge is 2.17. The Bertz CT molecular complexity index is 472. The number of carboxylic acid groups (broad SMARTS) is 1. The first-order valence-corrected chi connectivity index (χ1v) is 6.32. The minimum absolute atomic E-state index is 0.0781. The number of nitrogens with one attached hydrogen (secondary N) is 1. The fourth-order valence-corrected chi connectivity index (χ4v) is 1.91. The van der Waals surface area contributed by atoms with E-state index in [1.165, 1.54) is 0 Å². The van der Waals surface area contributed by atoms with Gasteiger partial charge in [0.1, 0.15) is 0 Å². The van der Waals surface area contributed by atoms with E-state index in [0.29, 0.717) is 17.7 Å². The van der Waals surface area contributed by atoms with Gasteiger partial charge < -0.3 is 16.2 Å². The molecule has 4 N–H and O–H groups in total. The number of carboxylic acids is 1. The third-order valence-corrected chi connectivity index (χ3v) is 2.85. The zero-order chi connectivity index (χ0) is 14.4. The quantitative estimate of drug-likeness (QED) is 0.685. The molecule has 0 saturated heterocycles. The monoisotopic (exact) mass is 264 g/mol. The van der Waals surface area contributed by atoms with E-state index in [4.69, 9.17) is 10.8 Å². The van der Waals surface area contributed by atoms with Crippen molar-refractivity contribution in [3.63, 3.8) is 0 Å². The van der Waals surface area contributed by atoms with Crippen molar-refractivity contribution in [1.82, 2.24) is 5.32 Å². The Morgan fingerprint density at radius 1 is 1.42 bits per heavy atom. The molecule has 0 saturated carbocycles. The first kappa shape index (κ1) is 15.0. The lowest BCUT2D eigenvalue weighted by Crippen LogP contribution is -2.36. The summed E-state index contributed by atoms with van der Waals surface area (Å²) in [5.74, 6) is -1.24. The second kappa shape index (κ2) is 6.78. The van der Waals surface area contributed by atoms with Gasteiger partial charge >= 0.3 is 5.97 Å². The van der Waals surface area contributed by atoms with E-state index in [-0.39, 0.29) is 18.4 Å². The maximum atomic E-state index is 12.1. The smallest absolute Gasteiger partial charge is 0.305 e. The molecular weight excluding hydrogens is 244 g/mol. The summed E-state index contributed by atoms with van der Waals surface area (Å²) in [5, 5.41) is 11.6. The standard InChI is InChI=1S/C14H20N2O3/c1-3-4-10(8-13(17)18)16-14(19)11-7-9(2)5-6-12(11)15/h5-7,10H,3-4,8,15H2,1-2H3,(H,16,19)(H,17,18). The third kappa shape index (κ3) is 4.62. The van der Waals surface area contributed by atoms with E-state index in [2.05, 4.69) is 5.32 Å². The number of aliphatic carboxylic acids is 1. The predicted octanol–water partition coefficient (Wildman–Crippen LogP) is 1.95. The van der Waals surface area contributed by atoms with Gasteiger partial charge in [-0.25, -0.2) is 0 Å². The zero-order valence-electron chi connectivity index (χ0n) is 11.3. The molecule has 0 bridgehead atoms. The Labute approximate surface area is 112 Å². The van der Waals surface area contributed by atoms with Gasteiger partial charge in [-0.15, -0.1) is 0 Å². The molecule has 5 heteroatoms. The van der Waals surface area contributed by atoms with Crippen LogP contribution in [0.5, 0.6) is 0 Å². The maximum Gasteiger partial charge on any atom is 0.305 e. The van der Waals surface area contributed by atoms with Crippen molar-refractivity contribution in [3.05, 3.63) is 29.3 Å². The second-order valence-electron chi connectivity index (χ2n) is 4.65. The van der Waals surface area contributed by atoms with Gasteiger partial charge in [-0.2, -0.15) is 0 Å². The summed E-state index contributed by atoms with van der Waals surface area (Å²) in [5.41, 5.74) is 7.49. The van der Waals surface area contributed by atoms with Crippen LogP contribution in [0.2, 0.25) is 0 Å². The fourth-order valence-electron chi connectivity index (χ4n) is 1.91. The van der Waals surface area contributed by atoms with Crippen LogP contribution in [-0.4, -0.2) is 23.0 Å². The molecule has 1 atom stereocenters. The van der Waals surface area contributed by atoms with E-state index in [1.807, 2.05) is 19.9 Å². The molecular formula is C14H20N2O3. The largest absolute Gasteiger partial charge is 0.481 e. The van der Waals surface area contributed by atoms with Crippen LogP contribution in [0.25, 0.3) is 0 Å². The maximum absolute atomic E-state index is 12.1. The first-order valence-electron chi connectivity index (χ1n) is 6.32. The minimum atomic E-state index is -0.920. The van der Waals surface area contributed by atoms with E-state index >= 15 is 0 Å². The lowest BCUT2D eigenvalue weighted by molar-refractivity contribution is -0.137. The van der Waals surface area contributed by atoms with E-state index in [0.717, 1.165) is 12.0 Å². The van der Waals surface area contributed by atoms with Crippen molar-refractivity contribution in [1.29, 1.82) is 0 Å². The summed E-state index contributed by atoms with van der Waals surface area (Å²) in [6, 6.07) is 4.84. The first-order chi connectivity index (χ1) is 8.93. The molecule has 19 heavy (non-hydrogen) atoms. The van der Waals surface area contributed by atoms with Crippen molar-refractivity contribution < 1.29 is 14.7 Å². The number of nitrogen functional groups attached to an aromatic ring is 1.